The van der Waals surface area contributed by atoms with Gasteiger partial charge >= 0.3 is 0 Å². The first kappa shape index (κ1) is 26.6. The number of nitriles is 1. The molecule has 0 aromatic heterocycles. The van der Waals surface area contributed by atoms with E-state index in [1.807, 2.05) is 25.1 Å². The molecule has 3 aromatic carbocycles. The summed E-state index contributed by atoms with van der Waals surface area (Å²) < 4.78 is 15.9. The zero-order valence-corrected chi connectivity index (χ0v) is 22.9. The van der Waals surface area contributed by atoms with E-state index < -0.39 is 29.2 Å². The number of benzene rings is 3. The molecule has 39 heavy (non-hydrogen) atoms. The van der Waals surface area contributed by atoms with Gasteiger partial charge in [0.25, 0.3) is 0 Å². The highest BCUT2D eigenvalue weighted by Gasteiger charge is 2.66. The lowest BCUT2D eigenvalue weighted by atomic mass is 9.62. The molecule has 2 amide bonds. The minimum absolute atomic E-state index is 0.188. The predicted molar refractivity (Wildman–Crippen MR) is 150 cm³/mol. The Labute approximate surface area is 228 Å². The van der Waals surface area contributed by atoms with Crippen molar-refractivity contribution >= 4 is 23.2 Å². The molecule has 0 aliphatic carbocycles. The van der Waals surface area contributed by atoms with Crippen LogP contribution in [0, 0.1) is 36.4 Å². The van der Waals surface area contributed by atoms with Crippen LogP contribution in [0.15, 0.2) is 60.7 Å². The Balaban J connectivity index is 1.71. The molecule has 2 heterocycles. The van der Waals surface area contributed by atoms with Crippen LogP contribution in [-0.4, -0.2) is 23.9 Å². The van der Waals surface area contributed by atoms with Crippen molar-refractivity contribution in [3.63, 3.8) is 0 Å². The number of aryl methyl sites for hydroxylation is 2. The highest BCUT2D eigenvalue weighted by Crippen LogP contribution is 2.57. The summed E-state index contributed by atoms with van der Waals surface area (Å²) in [7, 11) is 0. The Bertz CT molecular complexity index is 1500. The highest BCUT2D eigenvalue weighted by atomic mass is 19.1. The van der Waals surface area contributed by atoms with E-state index in [1.54, 1.807) is 49.4 Å². The van der Waals surface area contributed by atoms with Gasteiger partial charge in [-0.3, -0.25) is 9.59 Å². The van der Waals surface area contributed by atoms with Crippen molar-refractivity contribution in [1.82, 2.24) is 5.32 Å². The summed E-state index contributed by atoms with van der Waals surface area (Å²) >= 11 is 0. The molecule has 2 aliphatic rings. The number of anilines is 2. The van der Waals surface area contributed by atoms with Crippen LogP contribution in [0.5, 0.6) is 0 Å². The van der Waals surface area contributed by atoms with E-state index in [1.165, 1.54) is 0 Å². The summed E-state index contributed by atoms with van der Waals surface area (Å²) in [5.74, 6) is -1.82. The lowest BCUT2D eigenvalue weighted by molar-refractivity contribution is -0.122. The van der Waals surface area contributed by atoms with Gasteiger partial charge in [-0.2, -0.15) is 5.26 Å². The molecule has 0 radical (unpaired) electrons. The lowest BCUT2D eigenvalue weighted by Gasteiger charge is -2.37. The third kappa shape index (κ3) is 4.49. The van der Waals surface area contributed by atoms with Gasteiger partial charge in [0.2, 0.25) is 11.8 Å². The minimum Gasteiger partial charge on any atom is -0.325 e. The normalized spacial score (nSPS) is 23.8. The maximum Gasteiger partial charge on any atom is 0.242 e. The Morgan fingerprint density at radius 3 is 2.49 bits per heavy atom. The van der Waals surface area contributed by atoms with E-state index >= 15 is 4.39 Å². The molecule has 6 nitrogen and oxygen atoms in total. The van der Waals surface area contributed by atoms with Gasteiger partial charge < -0.3 is 16.0 Å². The second-order valence-electron chi connectivity index (χ2n) is 12.0. The quantitative estimate of drug-likeness (QED) is 0.408. The van der Waals surface area contributed by atoms with Crippen LogP contribution < -0.4 is 16.0 Å². The van der Waals surface area contributed by atoms with Crippen molar-refractivity contribution in [2.45, 2.75) is 64.5 Å². The smallest absolute Gasteiger partial charge is 0.242 e. The van der Waals surface area contributed by atoms with Crippen molar-refractivity contribution < 1.29 is 14.0 Å². The van der Waals surface area contributed by atoms with Crippen molar-refractivity contribution in [2.24, 2.45) is 5.41 Å². The number of nitrogens with one attached hydrogen (secondary N) is 3. The van der Waals surface area contributed by atoms with Gasteiger partial charge in [0.15, 0.2) is 0 Å². The molecule has 1 unspecified atom stereocenters. The molecular weight excluding hydrogens is 491 g/mol. The maximum absolute atomic E-state index is 15.9. The number of fused-ring (bicyclic) bond motifs is 2. The van der Waals surface area contributed by atoms with Crippen LogP contribution in [0.1, 0.15) is 60.9 Å². The average molecular weight is 525 g/mol. The van der Waals surface area contributed by atoms with E-state index in [0.717, 1.165) is 11.1 Å². The fourth-order valence-electron chi connectivity index (χ4n) is 6.29. The fraction of sp³-hybridized carbons (Fsp3) is 0.344. The summed E-state index contributed by atoms with van der Waals surface area (Å²) in [6.07, 6.45) is 0.582. The van der Waals surface area contributed by atoms with Crippen molar-refractivity contribution in [3.05, 3.63) is 94.3 Å². The molecule has 3 aromatic rings. The molecule has 200 valence electrons. The third-order valence-corrected chi connectivity index (χ3v) is 7.94. The van der Waals surface area contributed by atoms with Crippen molar-refractivity contribution in [2.75, 3.05) is 10.6 Å². The number of amides is 2. The van der Waals surface area contributed by atoms with Crippen molar-refractivity contribution in [1.29, 1.82) is 5.26 Å². The van der Waals surface area contributed by atoms with Gasteiger partial charge in [0.05, 0.1) is 17.7 Å². The second-order valence-corrected chi connectivity index (χ2v) is 12.0. The molecule has 0 bridgehead atoms. The lowest BCUT2D eigenvalue weighted by Crippen LogP contribution is -2.49. The van der Waals surface area contributed by atoms with Crippen molar-refractivity contribution in [3.8, 4) is 6.07 Å². The van der Waals surface area contributed by atoms with E-state index in [9.17, 15) is 9.59 Å². The number of halogens is 1. The van der Waals surface area contributed by atoms with E-state index in [2.05, 4.69) is 42.8 Å². The van der Waals surface area contributed by atoms with Gasteiger partial charge in [0.1, 0.15) is 11.2 Å². The summed E-state index contributed by atoms with van der Waals surface area (Å²) in [6.45, 7) is 9.94. The Morgan fingerprint density at radius 1 is 1.10 bits per heavy atom. The minimum atomic E-state index is -1.21. The van der Waals surface area contributed by atoms with Crippen LogP contribution in [0.3, 0.4) is 0 Å². The SMILES string of the molecule is Cc1ccc2c(c1)NC(=O)[C@@]21C(c2cccc(C)c2F)[C@H](C(=O)Nc2ccc(C#N)cc2)N[C@@H]1CC(C)(C)C. The molecule has 4 atom stereocenters. The molecule has 1 fully saturated rings. The van der Waals surface area contributed by atoms with Gasteiger partial charge in [-0.15, -0.1) is 0 Å². The molecule has 3 N–H and O–H groups in total. The van der Waals surface area contributed by atoms with Crippen LogP contribution in [0.2, 0.25) is 0 Å². The van der Waals surface area contributed by atoms with E-state index in [0.29, 0.717) is 34.5 Å². The number of carbonyl (C=O) groups is 2. The van der Waals surface area contributed by atoms with Gasteiger partial charge in [-0.05, 0) is 78.3 Å². The summed E-state index contributed by atoms with van der Waals surface area (Å²) in [6, 6.07) is 18.3. The molecule has 1 saturated heterocycles. The van der Waals surface area contributed by atoms with E-state index in [4.69, 9.17) is 5.26 Å². The molecule has 5 rings (SSSR count). The predicted octanol–water partition coefficient (Wildman–Crippen LogP) is 5.70. The number of hydrogen-bond acceptors (Lipinski definition) is 4. The number of carbonyl (C=O) groups excluding carboxylic acids is 2. The first-order chi connectivity index (χ1) is 18.5. The van der Waals surface area contributed by atoms with E-state index in [-0.39, 0.29) is 17.2 Å². The van der Waals surface area contributed by atoms with Crippen LogP contribution in [0.4, 0.5) is 15.8 Å². The Kier molecular flexibility index (Phi) is 6.56. The van der Waals surface area contributed by atoms with Crippen LogP contribution >= 0.6 is 0 Å². The maximum atomic E-state index is 15.9. The monoisotopic (exact) mass is 524 g/mol. The zero-order chi connectivity index (χ0) is 28.1. The first-order valence-electron chi connectivity index (χ1n) is 13.2. The first-order valence-corrected chi connectivity index (χ1v) is 13.2. The molecule has 2 aliphatic heterocycles. The highest BCUT2D eigenvalue weighted by molar-refractivity contribution is 6.10. The summed E-state index contributed by atoms with van der Waals surface area (Å²) in [5.41, 5.74) is 2.86. The number of nitrogens with zero attached hydrogens (tertiary/aromatic N) is 1. The number of rotatable bonds is 4. The third-order valence-electron chi connectivity index (χ3n) is 7.94. The molecule has 7 heteroatoms. The second kappa shape index (κ2) is 9.62. The molecular formula is C32H33FN4O2. The topological polar surface area (TPSA) is 94.0 Å². The largest absolute Gasteiger partial charge is 0.325 e. The molecule has 0 saturated carbocycles. The Morgan fingerprint density at radius 2 is 1.82 bits per heavy atom. The fourth-order valence-corrected chi connectivity index (χ4v) is 6.29. The Hall–Kier alpha value is -4.02. The zero-order valence-electron chi connectivity index (χ0n) is 22.9. The summed E-state index contributed by atoms with van der Waals surface area (Å²) in [4.78, 5) is 28.2. The van der Waals surface area contributed by atoms with Crippen LogP contribution in [0.25, 0.3) is 0 Å². The average Bonchev–Trinajstić information content (AvgIpc) is 3.35. The van der Waals surface area contributed by atoms with Gasteiger partial charge in [0, 0.05) is 23.3 Å². The number of hydrogen-bond donors (Lipinski definition) is 3. The molecule has 1 spiro atoms. The summed E-state index contributed by atoms with van der Waals surface area (Å²) in [5, 5.41) is 18.7. The standard InChI is InChI=1S/C32H33FN4O2/c1-18-9-14-23-24(15-18)36-30(39)32(23)25(16-31(3,4)5)37-28(26(32)22-8-6-7-19(2)27(22)33)29(38)35-21-12-10-20(17-34)11-13-21/h6-15,25-26,28,37H,16H2,1-5H3,(H,35,38)(H,36,39)/t25-,26?,28-,32+/m1/s1. The van der Waals surface area contributed by atoms with Crippen LogP contribution in [-0.2, 0) is 15.0 Å². The van der Waals surface area contributed by atoms with Gasteiger partial charge in [-0.1, -0.05) is 51.1 Å². The van der Waals surface area contributed by atoms with Gasteiger partial charge in [-0.25, -0.2) is 4.39 Å².